The Morgan fingerprint density at radius 1 is 1.29 bits per heavy atom. The molecule has 21 heavy (non-hydrogen) atoms. The molecule has 0 aliphatic carbocycles. The van der Waals surface area contributed by atoms with Gasteiger partial charge in [0.05, 0.1) is 25.9 Å². The van der Waals surface area contributed by atoms with Crippen molar-refractivity contribution in [1.29, 1.82) is 0 Å². The molecular weight excluding hydrogens is 273 g/mol. The summed E-state index contributed by atoms with van der Waals surface area (Å²) in [4.78, 5) is 0. The van der Waals surface area contributed by atoms with Gasteiger partial charge in [0, 0.05) is 18.2 Å². The maximum Gasteiger partial charge on any atom is 0.128 e. The van der Waals surface area contributed by atoms with Gasteiger partial charge in [-0.15, -0.1) is 0 Å². The van der Waals surface area contributed by atoms with Gasteiger partial charge >= 0.3 is 0 Å². The molecule has 2 atom stereocenters. The molecule has 0 radical (unpaired) electrons. The smallest absolute Gasteiger partial charge is 0.128 e. The van der Waals surface area contributed by atoms with Gasteiger partial charge in [-0.25, -0.2) is 4.39 Å². The van der Waals surface area contributed by atoms with E-state index in [1.54, 1.807) is 18.2 Å². The Labute approximate surface area is 125 Å². The summed E-state index contributed by atoms with van der Waals surface area (Å²) in [6.07, 6.45) is 0.164. The van der Waals surface area contributed by atoms with E-state index in [0.29, 0.717) is 18.0 Å². The van der Waals surface area contributed by atoms with Crippen LogP contribution >= 0.6 is 0 Å². The van der Waals surface area contributed by atoms with Gasteiger partial charge in [-0.3, -0.25) is 0 Å². The number of hydrogen-bond acceptors (Lipinski definition) is 4. The lowest BCUT2D eigenvalue weighted by molar-refractivity contribution is 0.0252. The first-order valence-electron chi connectivity index (χ1n) is 7.36. The highest BCUT2D eigenvalue weighted by molar-refractivity contribution is 5.16. The van der Waals surface area contributed by atoms with Crippen molar-refractivity contribution >= 4 is 0 Å². The topological polar surface area (TPSA) is 61.7 Å². The molecule has 0 aliphatic rings. The fourth-order valence-electron chi connectivity index (χ4n) is 2.07. The van der Waals surface area contributed by atoms with Gasteiger partial charge in [0.2, 0.25) is 0 Å². The number of aliphatic hydroxyl groups excluding tert-OH is 2. The van der Waals surface area contributed by atoms with Crippen LogP contribution in [0.1, 0.15) is 25.8 Å². The molecule has 4 nitrogen and oxygen atoms in total. The number of ether oxygens (including phenoxy) is 1. The van der Waals surface area contributed by atoms with E-state index < -0.39 is 6.10 Å². The summed E-state index contributed by atoms with van der Waals surface area (Å²) in [7, 11) is 0. The Balaban J connectivity index is 2.22. The summed E-state index contributed by atoms with van der Waals surface area (Å²) in [5.74, 6) is 0.173. The first-order chi connectivity index (χ1) is 10.0. The van der Waals surface area contributed by atoms with Crippen LogP contribution in [-0.2, 0) is 11.3 Å². The molecule has 0 bridgehead atoms. The Kier molecular flexibility index (Phi) is 8.45. The molecule has 1 aromatic rings. The van der Waals surface area contributed by atoms with Crippen LogP contribution in [0.25, 0.3) is 0 Å². The number of hydrogen-bond donors (Lipinski definition) is 3. The second-order valence-electron chi connectivity index (χ2n) is 5.68. The fraction of sp³-hybridized carbons (Fsp3) is 0.625. The summed E-state index contributed by atoms with van der Waals surface area (Å²) in [5.41, 5.74) is 0.478. The van der Waals surface area contributed by atoms with Crippen molar-refractivity contribution < 1.29 is 19.3 Å². The molecule has 3 N–H and O–H groups in total. The van der Waals surface area contributed by atoms with Gasteiger partial charge in [0.15, 0.2) is 0 Å². The van der Waals surface area contributed by atoms with Gasteiger partial charge in [-0.05, 0) is 18.4 Å². The maximum absolute atomic E-state index is 13.4. The Hall–Kier alpha value is -1.01. The van der Waals surface area contributed by atoms with Crippen molar-refractivity contribution in [3.05, 3.63) is 35.6 Å². The van der Waals surface area contributed by atoms with Crippen LogP contribution in [-0.4, -0.2) is 42.1 Å². The first-order valence-corrected chi connectivity index (χ1v) is 7.36. The third-order valence-corrected chi connectivity index (χ3v) is 3.14. The van der Waals surface area contributed by atoms with E-state index in [4.69, 9.17) is 4.74 Å². The van der Waals surface area contributed by atoms with E-state index in [1.807, 2.05) is 0 Å². The third kappa shape index (κ3) is 7.52. The second kappa shape index (κ2) is 9.84. The molecule has 1 rings (SSSR count). The fourth-order valence-corrected chi connectivity index (χ4v) is 2.07. The van der Waals surface area contributed by atoms with Crippen LogP contribution in [0, 0.1) is 11.7 Å². The largest absolute Gasteiger partial charge is 0.395 e. The average molecular weight is 299 g/mol. The van der Waals surface area contributed by atoms with Crippen molar-refractivity contribution in [2.24, 2.45) is 5.92 Å². The maximum atomic E-state index is 13.4. The lowest BCUT2D eigenvalue weighted by Gasteiger charge is -2.20. The number of aliphatic hydroxyl groups is 2. The molecule has 0 fully saturated rings. The van der Waals surface area contributed by atoms with E-state index in [0.717, 1.165) is 6.42 Å². The van der Waals surface area contributed by atoms with Gasteiger partial charge in [0.1, 0.15) is 5.82 Å². The van der Waals surface area contributed by atoms with Crippen LogP contribution < -0.4 is 5.32 Å². The molecule has 0 aromatic heterocycles. The highest BCUT2D eigenvalue weighted by Gasteiger charge is 2.12. The molecule has 1 aromatic carbocycles. The zero-order valence-corrected chi connectivity index (χ0v) is 12.8. The van der Waals surface area contributed by atoms with E-state index in [-0.39, 0.29) is 31.7 Å². The molecule has 2 unspecified atom stereocenters. The van der Waals surface area contributed by atoms with Gasteiger partial charge in [-0.2, -0.15) is 0 Å². The Morgan fingerprint density at radius 3 is 2.62 bits per heavy atom. The minimum Gasteiger partial charge on any atom is -0.395 e. The predicted octanol–water partition coefficient (Wildman–Crippen LogP) is 1.70. The SMILES string of the molecule is CC(C)CC(CO)NCC(O)COCc1ccccc1F. The third-order valence-electron chi connectivity index (χ3n) is 3.14. The zero-order chi connectivity index (χ0) is 15.7. The van der Waals surface area contributed by atoms with Crippen LogP contribution in [0.3, 0.4) is 0 Å². The van der Waals surface area contributed by atoms with Crippen molar-refractivity contribution in [3.8, 4) is 0 Å². The predicted molar refractivity (Wildman–Crippen MR) is 80.4 cm³/mol. The van der Waals surface area contributed by atoms with Gasteiger partial charge < -0.3 is 20.3 Å². The highest BCUT2D eigenvalue weighted by atomic mass is 19.1. The number of rotatable bonds is 10. The van der Waals surface area contributed by atoms with E-state index in [2.05, 4.69) is 19.2 Å². The lowest BCUT2D eigenvalue weighted by atomic mass is 10.0. The van der Waals surface area contributed by atoms with E-state index >= 15 is 0 Å². The molecule has 5 heteroatoms. The van der Waals surface area contributed by atoms with Crippen LogP contribution in [0.4, 0.5) is 4.39 Å². The highest BCUT2D eigenvalue weighted by Crippen LogP contribution is 2.08. The quantitative estimate of drug-likeness (QED) is 0.615. The summed E-state index contributed by atoms with van der Waals surface area (Å²) in [6, 6.07) is 6.39. The van der Waals surface area contributed by atoms with Crippen molar-refractivity contribution in [3.63, 3.8) is 0 Å². The molecule has 120 valence electrons. The normalized spacial score (nSPS) is 14.4. The van der Waals surface area contributed by atoms with Crippen molar-refractivity contribution in [1.82, 2.24) is 5.32 Å². The molecule has 0 aliphatic heterocycles. The number of nitrogens with one attached hydrogen (secondary N) is 1. The molecule has 0 heterocycles. The monoisotopic (exact) mass is 299 g/mol. The summed E-state index contributed by atoms with van der Waals surface area (Å²) in [6.45, 7) is 4.81. The molecule has 0 saturated heterocycles. The van der Waals surface area contributed by atoms with Gasteiger partial charge in [0.25, 0.3) is 0 Å². The van der Waals surface area contributed by atoms with Crippen LogP contribution in [0.15, 0.2) is 24.3 Å². The molecule has 0 amide bonds. The second-order valence-corrected chi connectivity index (χ2v) is 5.68. The lowest BCUT2D eigenvalue weighted by Crippen LogP contribution is -2.40. The average Bonchev–Trinajstić information content (AvgIpc) is 2.45. The van der Waals surface area contributed by atoms with Crippen LogP contribution in [0.2, 0.25) is 0 Å². The van der Waals surface area contributed by atoms with Crippen LogP contribution in [0.5, 0.6) is 0 Å². The minimum absolute atomic E-state index is 0.0220. The standard InChI is InChI=1S/C16H26FNO3/c1-12(2)7-14(9-19)18-8-15(20)11-21-10-13-5-3-4-6-16(13)17/h3-6,12,14-15,18-20H,7-11H2,1-2H3. The Morgan fingerprint density at radius 2 is 2.00 bits per heavy atom. The molecular formula is C16H26FNO3. The summed E-state index contributed by atoms with van der Waals surface area (Å²) in [5, 5.41) is 22.1. The van der Waals surface area contributed by atoms with Crippen molar-refractivity contribution in [2.45, 2.75) is 39.0 Å². The van der Waals surface area contributed by atoms with E-state index in [1.165, 1.54) is 6.07 Å². The van der Waals surface area contributed by atoms with E-state index in [9.17, 15) is 14.6 Å². The first kappa shape index (κ1) is 18.0. The minimum atomic E-state index is -0.682. The van der Waals surface area contributed by atoms with Crippen molar-refractivity contribution in [2.75, 3.05) is 19.8 Å². The molecule has 0 spiro atoms. The summed E-state index contributed by atoms with van der Waals surface area (Å²) < 4.78 is 18.7. The number of benzene rings is 1. The van der Waals surface area contributed by atoms with Gasteiger partial charge in [-0.1, -0.05) is 32.0 Å². The number of halogens is 1. The Bertz CT molecular complexity index is 401. The molecule has 0 saturated carbocycles. The summed E-state index contributed by atoms with van der Waals surface area (Å²) >= 11 is 0. The zero-order valence-electron chi connectivity index (χ0n) is 12.8.